The van der Waals surface area contributed by atoms with Gasteiger partial charge in [-0.1, -0.05) is 0 Å². The average molecular weight is 140 g/mol. The van der Waals surface area contributed by atoms with Crippen LogP contribution in [0.1, 0.15) is 6.92 Å². The zero-order valence-corrected chi connectivity index (χ0v) is 5.55. The van der Waals surface area contributed by atoms with Crippen molar-refractivity contribution in [3.05, 3.63) is 23.8 Å². The first-order valence-corrected chi connectivity index (χ1v) is 2.65. The monoisotopic (exact) mass is 140 g/mol. The molecule has 0 unspecified atom stereocenters. The molecule has 10 heavy (non-hydrogen) atoms. The van der Waals surface area contributed by atoms with Crippen LogP contribution in [0.2, 0.25) is 0 Å². The van der Waals surface area contributed by atoms with E-state index in [4.69, 9.17) is 0 Å². The van der Waals surface area contributed by atoms with Crippen molar-refractivity contribution in [3.63, 3.8) is 0 Å². The van der Waals surface area contributed by atoms with Crippen molar-refractivity contribution in [2.75, 3.05) is 0 Å². The Balaban J connectivity index is 0.000000810. The molecule has 0 aromatic carbocycles. The summed E-state index contributed by atoms with van der Waals surface area (Å²) in [6.45, 7) is 1.63. The van der Waals surface area contributed by atoms with E-state index in [-0.39, 0.29) is 17.0 Å². The van der Waals surface area contributed by atoms with Gasteiger partial charge in [0.2, 0.25) is 0 Å². The molecular formula is C7H8O3. The van der Waals surface area contributed by atoms with Gasteiger partial charge >= 0.3 is 0 Å². The van der Waals surface area contributed by atoms with Crippen molar-refractivity contribution < 1.29 is 15.1 Å². The first-order chi connectivity index (χ1) is 4.20. The Bertz CT molecular complexity index is 223. The lowest BCUT2D eigenvalue weighted by atomic mass is 10.1. The van der Waals surface area contributed by atoms with E-state index in [0.717, 1.165) is 0 Å². The van der Waals surface area contributed by atoms with E-state index >= 15 is 0 Å². The van der Waals surface area contributed by atoms with E-state index in [0.29, 0.717) is 5.57 Å². The third-order valence-corrected chi connectivity index (χ3v) is 1.15. The summed E-state index contributed by atoms with van der Waals surface area (Å²) in [7, 11) is 0. The quantitative estimate of drug-likeness (QED) is 0.438. The summed E-state index contributed by atoms with van der Waals surface area (Å²) in [6, 6.07) is 0. The number of ketones is 2. The number of hydrogen-bond donors (Lipinski definition) is 0. The Morgan fingerprint density at radius 2 is 1.80 bits per heavy atom. The summed E-state index contributed by atoms with van der Waals surface area (Å²) >= 11 is 0. The van der Waals surface area contributed by atoms with Crippen LogP contribution in [0.4, 0.5) is 0 Å². The normalized spacial score (nSPS) is 16.3. The van der Waals surface area contributed by atoms with Gasteiger partial charge < -0.3 is 5.48 Å². The van der Waals surface area contributed by atoms with E-state index in [2.05, 4.69) is 0 Å². The molecule has 0 heterocycles. The van der Waals surface area contributed by atoms with Crippen molar-refractivity contribution >= 4 is 11.6 Å². The van der Waals surface area contributed by atoms with Crippen LogP contribution >= 0.6 is 0 Å². The zero-order valence-electron chi connectivity index (χ0n) is 5.55. The first kappa shape index (κ1) is 8.78. The zero-order chi connectivity index (χ0) is 6.85. The highest BCUT2D eigenvalue weighted by molar-refractivity contribution is 6.16. The van der Waals surface area contributed by atoms with Crippen LogP contribution in [0.5, 0.6) is 0 Å². The average Bonchev–Trinajstić information content (AvgIpc) is 1.80. The Morgan fingerprint density at radius 1 is 1.20 bits per heavy atom. The van der Waals surface area contributed by atoms with Gasteiger partial charge in [-0.15, -0.1) is 0 Å². The van der Waals surface area contributed by atoms with Crippen molar-refractivity contribution in [2.45, 2.75) is 6.92 Å². The number of rotatable bonds is 0. The maximum Gasteiger partial charge on any atom is 0.181 e. The molecule has 0 radical (unpaired) electrons. The largest absolute Gasteiger partial charge is 0.412 e. The molecule has 0 saturated heterocycles. The Hall–Kier alpha value is -1.22. The molecule has 0 aliphatic heterocycles. The van der Waals surface area contributed by atoms with Crippen LogP contribution in [0.25, 0.3) is 0 Å². The summed E-state index contributed by atoms with van der Waals surface area (Å²) in [6.07, 6.45) is 3.90. The predicted octanol–water partition coefficient (Wildman–Crippen LogP) is -0.184. The minimum absolute atomic E-state index is 0. The summed E-state index contributed by atoms with van der Waals surface area (Å²) in [5.41, 5.74) is 0.516. The number of allylic oxidation sites excluding steroid dienone is 4. The molecule has 0 atom stereocenters. The van der Waals surface area contributed by atoms with Gasteiger partial charge in [-0.05, 0) is 25.2 Å². The van der Waals surface area contributed by atoms with E-state index in [1.54, 1.807) is 6.92 Å². The van der Waals surface area contributed by atoms with E-state index < -0.39 is 0 Å². The Kier molecular flexibility index (Phi) is 2.70. The molecular weight excluding hydrogens is 132 g/mol. The predicted molar refractivity (Wildman–Crippen MR) is 36.5 cm³/mol. The van der Waals surface area contributed by atoms with Gasteiger partial charge in [0.25, 0.3) is 0 Å². The van der Waals surface area contributed by atoms with Crippen molar-refractivity contribution in [3.8, 4) is 0 Å². The molecule has 0 spiro atoms. The third kappa shape index (κ3) is 1.63. The lowest BCUT2D eigenvalue weighted by Crippen LogP contribution is -2.03. The van der Waals surface area contributed by atoms with Crippen LogP contribution in [-0.2, 0) is 9.59 Å². The number of hydrogen-bond acceptors (Lipinski definition) is 2. The molecule has 0 amide bonds. The van der Waals surface area contributed by atoms with E-state index in [9.17, 15) is 9.59 Å². The second-order valence-electron chi connectivity index (χ2n) is 1.93. The summed E-state index contributed by atoms with van der Waals surface area (Å²) in [5.74, 6) is -0.179. The molecule has 0 saturated carbocycles. The molecule has 3 nitrogen and oxygen atoms in total. The summed E-state index contributed by atoms with van der Waals surface area (Å²) in [4.78, 5) is 21.1. The highest BCUT2D eigenvalue weighted by Crippen LogP contribution is 2.02. The molecule has 1 rings (SSSR count). The minimum atomic E-state index is -0.105. The van der Waals surface area contributed by atoms with Gasteiger partial charge in [0, 0.05) is 5.57 Å². The van der Waals surface area contributed by atoms with Crippen molar-refractivity contribution in [1.29, 1.82) is 0 Å². The van der Waals surface area contributed by atoms with Crippen LogP contribution in [0.15, 0.2) is 23.8 Å². The van der Waals surface area contributed by atoms with Crippen LogP contribution in [0.3, 0.4) is 0 Å². The topological polar surface area (TPSA) is 65.6 Å². The summed E-state index contributed by atoms with van der Waals surface area (Å²) < 4.78 is 0. The number of carbonyl (C=O) groups is 2. The molecule has 54 valence electrons. The van der Waals surface area contributed by atoms with Crippen molar-refractivity contribution in [2.24, 2.45) is 0 Å². The van der Waals surface area contributed by atoms with Gasteiger partial charge in [0.15, 0.2) is 11.6 Å². The molecule has 1 aliphatic carbocycles. The molecule has 3 heteroatoms. The third-order valence-electron chi connectivity index (χ3n) is 1.15. The van der Waals surface area contributed by atoms with Crippen LogP contribution in [-0.4, -0.2) is 17.0 Å². The highest BCUT2D eigenvalue weighted by atomic mass is 16.1. The minimum Gasteiger partial charge on any atom is -0.412 e. The van der Waals surface area contributed by atoms with Crippen molar-refractivity contribution in [1.82, 2.24) is 0 Å². The Labute approximate surface area is 58.3 Å². The Morgan fingerprint density at radius 3 is 2.20 bits per heavy atom. The molecule has 0 bridgehead atoms. The van der Waals surface area contributed by atoms with Gasteiger partial charge in [-0.25, -0.2) is 0 Å². The van der Waals surface area contributed by atoms with Crippen LogP contribution < -0.4 is 0 Å². The fourth-order valence-corrected chi connectivity index (χ4v) is 0.622. The van der Waals surface area contributed by atoms with E-state index in [1.807, 2.05) is 0 Å². The molecule has 1 aliphatic rings. The van der Waals surface area contributed by atoms with Gasteiger partial charge in [-0.2, -0.15) is 0 Å². The fourth-order valence-electron chi connectivity index (χ4n) is 0.622. The van der Waals surface area contributed by atoms with E-state index in [1.165, 1.54) is 18.2 Å². The first-order valence-electron chi connectivity index (χ1n) is 2.65. The molecule has 2 N–H and O–H groups in total. The maximum atomic E-state index is 10.6. The summed E-state index contributed by atoms with van der Waals surface area (Å²) in [5, 5.41) is 0. The second kappa shape index (κ2) is 3.08. The van der Waals surface area contributed by atoms with Crippen LogP contribution in [0, 0.1) is 0 Å². The SMILES string of the molecule is CC1=CC(=O)C=CC1=O.O. The second-order valence-corrected chi connectivity index (χ2v) is 1.93. The smallest absolute Gasteiger partial charge is 0.181 e. The molecule has 0 aromatic heterocycles. The lowest BCUT2D eigenvalue weighted by Gasteiger charge is -1.96. The molecule has 0 aromatic rings. The van der Waals surface area contributed by atoms with Gasteiger partial charge in [0.1, 0.15) is 0 Å². The fraction of sp³-hybridized carbons (Fsp3) is 0.143. The molecule has 0 fully saturated rings. The van der Waals surface area contributed by atoms with Gasteiger partial charge in [0.05, 0.1) is 0 Å². The highest BCUT2D eigenvalue weighted by Gasteiger charge is 2.06. The standard InChI is InChI=1S/C7H6O2.H2O/c1-5-4-6(8)2-3-7(5)9;/h2-4H,1H3;1H2. The van der Waals surface area contributed by atoms with Gasteiger partial charge in [-0.3, -0.25) is 9.59 Å². The lowest BCUT2D eigenvalue weighted by molar-refractivity contribution is -0.114. The maximum absolute atomic E-state index is 10.6. The number of carbonyl (C=O) groups excluding carboxylic acids is 2.